The Kier molecular flexibility index (Phi) is 6.10. The molecule has 5 rings (SSSR count). The summed E-state index contributed by atoms with van der Waals surface area (Å²) in [5, 5.41) is 0.831. The van der Waals surface area contributed by atoms with Gasteiger partial charge in [0.1, 0.15) is 0 Å². The molecule has 0 saturated carbocycles. The van der Waals surface area contributed by atoms with Crippen LogP contribution >= 0.6 is 11.6 Å². The number of hydrogen-bond acceptors (Lipinski definition) is 3. The van der Waals surface area contributed by atoms with Crippen molar-refractivity contribution in [1.82, 2.24) is 0 Å². The van der Waals surface area contributed by atoms with Crippen LogP contribution < -0.4 is 0 Å². The quantitative estimate of drug-likeness (QED) is 0.430. The van der Waals surface area contributed by atoms with Gasteiger partial charge in [-0.1, -0.05) is 48.0 Å². The van der Waals surface area contributed by atoms with Gasteiger partial charge in [0.15, 0.2) is 0 Å². The van der Waals surface area contributed by atoms with Gasteiger partial charge in [0.05, 0.1) is 25.1 Å². The van der Waals surface area contributed by atoms with Crippen LogP contribution in [0.2, 0.25) is 5.02 Å². The van der Waals surface area contributed by atoms with E-state index in [4.69, 9.17) is 20.8 Å². The fourth-order valence-corrected chi connectivity index (χ4v) is 4.58. The number of esters is 1. The first-order valence-electron chi connectivity index (χ1n) is 10.4. The van der Waals surface area contributed by atoms with E-state index in [9.17, 15) is 4.79 Å². The number of hydrogen-bond donors (Lipinski definition) is 0. The molecule has 3 nitrogen and oxygen atoms in total. The zero-order valence-electron chi connectivity index (χ0n) is 17.3. The Hall–Kier alpha value is -2.78. The fourth-order valence-electron chi connectivity index (χ4n) is 4.31. The van der Waals surface area contributed by atoms with Gasteiger partial charge in [-0.25, -0.2) is 0 Å². The average Bonchev–Trinajstić information content (AvgIpc) is 3.24. The lowest BCUT2D eigenvalue weighted by Gasteiger charge is -2.29. The Morgan fingerprint density at radius 3 is 2.63 bits per heavy atom. The van der Waals surface area contributed by atoms with Crippen LogP contribution in [0.4, 0.5) is 0 Å². The number of furan rings is 1. The second kappa shape index (κ2) is 8.93. The van der Waals surface area contributed by atoms with Gasteiger partial charge >= 0.3 is 5.97 Å². The molecule has 0 fully saturated rings. The van der Waals surface area contributed by atoms with Gasteiger partial charge in [0, 0.05) is 5.02 Å². The van der Waals surface area contributed by atoms with Gasteiger partial charge in [-0.05, 0) is 84.2 Å². The zero-order valence-corrected chi connectivity index (χ0v) is 18.0. The molecule has 2 aliphatic rings. The first-order chi connectivity index (χ1) is 14.6. The molecule has 0 spiro atoms. The van der Waals surface area contributed by atoms with E-state index < -0.39 is 0 Å². The number of aryl methyl sites for hydroxylation is 1. The summed E-state index contributed by atoms with van der Waals surface area (Å²) >= 11 is 6.39. The lowest BCUT2D eigenvalue weighted by atomic mass is 9.76. The predicted octanol–water partition coefficient (Wildman–Crippen LogP) is 6.76. The van der Waals surface area contributed by atoms with Crippen LogP contribution in [0.25, 0.3) is 17.2 Å². The van der Waals surface area contributed by atoms with Crippen molar-refractivity contribution in [2.75, 3.05) is 6.61 Å². The van der Waals surface area contributed by atoms with Crippen LogP contribution in [0.5, 0.6) is 0 Å². The normalized spacial score (nSPS) is 15.9. The summed E-state index contributed by atoms with van der Waals surface area (Å²) in [7, 11) is 0. The summed E-state index contributed by atoms with van der Waals surface area (Å²) in [6.07, 6.45) is 10.1. The van der Waals surface area contributed by atoms with Crippen LogP contribution in [0.3, 0.4) is 0 Å². The van der Waals surface area contributed by atoms with Crippen molar-refractivity contribution in [3.63, 3.8) is 0 Å². The molecule has 2 aromatic carbocycles. The molecule has 1 heterocycles. The van der Waals surface area contributed by atoms with E-state index in [2.05, 4.69) is 30.4 Å². The van der Waals surface area contributed by atoms with E-state index in [0.717, 1.165) is 29.0 Å². The highest BCUT2D eigenvalue weighted by molar-refractivity contribution is 6.31. The summed E-state index contributed by atoms with van der Waals surface area (Å²) in [5.74, 6) is -0.311. The van der Waals surface area contributed by atoms with Crippen molar-refractivity contribution in [3.05, 3.63) is 87.8 Å². The number of benzene rings is 2. The Morgan fingerprint density at radius 1 is 1.13 bits per heavy atom. The molecule has 1 unspecified atom stereocenters. The van der Waals surface area contributed by atoms with E-state index in [0.29, 0.717) is 13.0 Å². The Bertz CT molecular complexity index is 1080. The van der Waals surface area contributed by atoms with Crippen LogP contribution in [0, 0.1) is 6.92 Å². The minimum absolute atomic E-state index is 0.117. The number of halogens is 1. The summed E-state index contributed by atoms with van der Waals surface area (Å²) in [6, 6.07) is 12.3. The minimum atomic E-state index is -0.194. The Morgan fingerprint density at radius 2 is 1.93 bits per heavy atom. The third kappa shape index (κ3) is 3.95. The molecule has 0 radical (unpaired) electrons. The average molecular weight is 421 g/mol. The third-order valence-corrected chi connectivity index (χ3v) is 6.03. The van der Waals surface area contributed by atoms with Crippen LogP contribution in [-0.4, -0.2) is 12.6 Å². The van der Waals surface area contributed by atoms with Crippen LogP contribution in [0.15, 0.2) is 59.4 Å². The molecule has 0 amide bonds. The molecule has 1 atom stereocenters. The second-order valence-corrected chi connectivity index (χ2v) is 8.01. The highest BCUT2D eigenvalue weighted by Crippen LogP contribution is 2.43. The van der Waals surface area contributed by atoms with Crippen molar-refractivity contribution in [3.8, 4) is 11.1 Å². The Labute approximate surface area is 182 Å². The number of ether oxygens (including phenoxy) is 1. The maximum absolute atomic E-state index is 12.5. The van der Waals surface area contributed by atoms with Gasteiger partial charge in [-0.3, -0.25) is 4.79 Å². The third-order valence-electron chi connectivity index (χ3n) is 5.68. The second-order valence-electron chi connectivity index (χ2n) is 7.60. The van der Waals surface area contributed by atoms with E-state index in [1.165, 1.54) is 27.8 Å². The number of rotatable bonds is 2. The maximum atomic E-state index is 12.5. The van der Waals surface area contributed by atoms with Gasteiger partial charge in [0.2, 0.25) is 0 Å². The van der Waals surface area contributed by atoms with Crippen LogP contribution in [-0.2, 0) is 22.4 Å². The first kappa shape index (κ1) is 20.5. The number of fused-ring (bicyclic) bond motifs is 5. The van der Waals surface area contributed by atoms with Crippen molar-refractivity contribution in [2.45, 2.75) is 39.0 Å². The van der Waals surface area contributed by atoms with Crippen LogP contribution in [0.1, 0.15) is 47.1 Å². The summed E-state index contributed by atoms with van der Waals surface area (Å²) in [4.78, 5) is 12.5. The Balaban J connectivity index is 0.000000313. The minimum Gasteiger partial charge on any atom is -0.472 e. The van der Waals surface area contributed by atoms with Gasteiger partial charge < -0.3 is 9.15 Å². The molecule has 0 N–H and O–H groups in total. The molecule has 4 heteroatoms. The highest BCUT2D eigenvalue weighted by Gasteiger charge is 2.31. The lowest BCUT2D eigenvalue weighted by Crippen LogP contribution is -2.21. The summed E-state index contributed by atoms with van der Waals surface area (Å²) in [6.45, 7) is 4.27. The zero-order chi connectivity index (χ0) is 21.1. The van der Waals surface area contributed by atoms with E-state index in [1.807, 2.05) is 32.0 Å². The molecule has 3 aromatic rings. The number of carbonyl (C=O) groups excluding carboxylic acids is 1. The van der Waals surface area contributed by atoms with Gasteiger partial charge in [-0.15, -0.1) is 0 Å². The standard InChI is InChI=1S/C21H19ClO2.C5H6O/c1-2-24-21(23)18-7-3-5-13-9-10-15-14-6-4-8-19(22)16(14)11-12-17(15)20(13)18;1-5-2-3-6-4-5/h3-6,8-10,18H,2,7,11-12H2,1H3;2-4H,1H3. The lowest BCUT2D eigenvalue weighted by molar-refractivity contribution is -0.144. The van der Waals surface area contributed by atoms with Crippen molar-refractivity contribution in [1.29, 1.82) is 0 Å². The van der Waals surface area contributed by atoms with Gasteiger partial charge in [0.25, 0.3) is 0 Å². The van der Waals surface area contributed by atoms with Crippen molar-refractivity contribution >= 4 is 23.6 Å². The monoisotopic (exact) mass is 420 g/mol. The number of allylic oxidation sites excluding steroid dienone is 1. The van der Waals surface area contributed by atoms with Crippen molar-refractivity contribution < 1.29 is 13.9 Å². The van der Waals surface area contributed by atoms with E-state index in [-0.39, 0.29) is 11.9 Å². The molecule has 0 aliphatic heterocycles. The first-order valence-corrected chi connectivity index (χ1v) is 10.7. The largest absolute Gasteiger partial charge is 0.472 e. The van der Waals surface area contributed by atoms with E-state index >= 15 is 0 Å². The summed E-state index contributed by atoms with van der Waals surface area (Å²) < 4.78 is 10.0. The molecular formula is C26H25ClO3. The fraction of sp³-hybridized carbons (Fsp3) is 0.269. The number of carbonyl (C=O) groups is 1. The molecule has 0 saturated heterocycles. The SMILES string of the molecule is CCOC(=O)C1CC=Cc2ccc3c(c21)CCc1c(Cl)cccc1-3.Cc1ccoc1. The predicted molar refractivity (Wildman–Crippen MR) is 121 cm³/mol. The molecular weight excluding hydrogens is 396 g/mol. The topological polar surface area (TPSA) is 39.4 Å². The molecule has 154 valence electrons. The molecule has 1 aromatic heterocycles. The van der Waals surface area contributed by atoms with E-state index in [1.54, 1.807) is 12.5 Å². The molecule has 2 aliphatic carbocycles. The highest BCUT2D eigenvalue weighted by atomic mass is 35.5. The molecule has 0 bridgehead atoms. The smallest absolute Gasteiger partial charge is 0.313 e. The maximum Gasteiger partial charge on any atom is 0.313 e. The summed E-state index contributed by atoms with van der Waals surface area (Å²) in [5.41, 5.74) is 8.37. The molecule has 30 heavy (non-hydrogen) atoms. The van der Waals surface area contributed by atoms with Gasteiger partial charge in [-0.2, -0.15) is 0 Å². The van der Waals surface area contributed by atoms with Crippen molar-refractivity contribution in [2.24, 2.45) is 0 Å².